The van der Waals surface area contributed by atoms with Crippen molar-refractivity contribution in [3.8, 4) is 0 Å². The predicted octanol–water partition coefficient (Wildman–Crippen LogP) is 1.60. The molecule has 3 nitrogen and oxygen atoms in total. The summed E-state index contributed by atoms with van der Waals surface area (Å²) in [6.07, 6.45) is 3.39. The second-order valence-corrected chi connectivity index (χ2v) is 2.21. The Bertz CT molecular complexity index is 226. The summed E-state index contributed by atoms with van der Waals surface area (Å²) in [5.74, 6) is -1.33. The molecule has 0 aliphatic carbocycles. The van der Waals surface area contributed by atoms with E-state index in [1.807, 2.05) is 6.92 Å². The predicted molar refractivity (Wildman–Crippen MR) is 45.3 cm³/mol. The molecule has 0 aromatic carbocycles. The molecule has 0 aromatic rings. The van der Waals surface area contributed by atoms with E-state index in [1.165, 1.54) is 0 Å². The van der Waals surface area contributed by atoms with Gasteiger partial charge in [-0.3, -0.25) is 0 Å². The zero-order chi connectivity index (χ0) is 9.56. The molecular weight excluding hydrogens is 156 g/mol. The second-order valence-electron chi connectivity index (χ2n) is 2.21. The van der Waals surface area contributed by atoms with Crippen molar-refractivity contribution in [2.75, 3.05) is 0 Å². The van der Waals surface area contributed by atoms with E-state index in [1.54, 1.807) is 13.0 Å². The Hall–Kier alpha value is -1.38. The Morgan fingerprint density at radius 2 is 2.08 bits per heavy atom. The summed E-state index contributed by atoms with van der Waals surface area (Å²) in [5.41, 5.74) is 0.438. The number of rotatable bonds is 3. The quantitative estimate of drug-likeness (QED) is 0.365. The van der Waals surface area contributed by atoms with Crippen LogP contribution in [0.5, 0.6) is 0 Å². The van der Waals surface area contributed by atoms with Gasteiger partial charge in [0.1, 0.15) is 0 Å². The third-order valence-corrected chi connectivity index (χ3v) is 1.19. The number of esters is 2. The van der Waals surface area contributed by atoms with Gasteiger partial charge in [0.15, 0.2) is 0 Å². The van der Waals surface area contributed by atoms with E-state index < -0.39 is 11.9 Å². The van der Waals surface area contributed by atoms with Crippen LogP contribution in [0.4, 0.5) is 0 Å². The minimum atomic E-state index is -0.719. The molecule has 0 aromatic heterocycles. The second kappa shape index (κ2) is 5.29. The molecule has 0 saturated carbocycles. The molecule has 0 aliphatic rings. The highest BCUT2D eigenvalue weighted by Crippen LogP contribution is 1.98. The molecule has 0 saturated heterocycles. The van der Waals surface area contributed by atoms with Crippen LogP contribution in [0.15, 0.2) is 24.3 Å². The molecule has 12 heavy (non-hydrogen) atoms. The maximum atomic E-state index is 10.9. The van der Waals surface area contributed by atoms with Gasteiger partial charge in [-0.25, -0.2) is 9.59 Å². The molecule has 0 unspecified atom stereocenters. The van der Waals surface area contributed by atoms with Gasteiger partial charge in [-0.05, 0) is 13.3 Å². The van der Waals surface area contributed by atoms with Crippen LogP contribution >= 0.6 is 0 Å². The maximum Gasteiger partial charge on any atom is 0.341 e. The van der Waals surface area contributed by atoms with Crippen molar-refractivity contribution < 1.29 is 14.3 Å². The maximum absolute atomic E-state index is 10.9. The first-order chi connectivity index (χ1) is 5.61. The normalized spacial score (nSPS) is 10.7. The minimum absolute atomic E-state index is 0.438. The Morgan fingerprint density at radius 3 is 2.50 bits per heavy atom. The van der Waals surface area contributed by atoms with Crippen molar-refractivity contribution in [2.24, 2.45) is 0 Å². The average molecular weight is 168 g/mol. The van der Waals surface area contributed by atoms with E-state index in [0.29, 0.717) is 5.57 Å². The minimum Gasteiger partial charge on any atom is -0.386 e. The van der Waals surface area contributed by atoms with Crippen LogP contribution in [0.3, 0.4) is 0 Å². The summed E-state index contributed by atoms with van der Waals surface area (Å²) in [6, 6.07) is 0. The average Bonchev–Trinajstić information content (AvgIpc) is 2.04. The number of carbonyl (C=O) groups is 2. The van der Waals surface area contributed by atoms with Gasteiger partial charge in [-0.1, -0.05) is 19.6 Å². The largest absolute Gasteiger partial charge is 0.386 e. The third kappa shape index (κ3) is 3.71. The zero-order valence-corrected chi connectivity index (χ0v) is 7.29. The Kier molecular flexibility index (Phi) is 4.69. The number of hydrogen-bond donors (Lipinski definition) is 0. The van der Waals surface area contributed by atoms with Crippen molar-refractivity contribution >= 4 is 11.9 Å². The van der Waals surface area contributed by atoms with Crippen molar-refractivity contribution in [1.82, 2.24) is 0 Å². The summed E-state index contributed by atoms with van der Waals surface area (Å²) in [6.45, 7) is 6.67. The fraction of sp³-hybridized carbons (Fsp3) is 0.333. The smallest absolute Gasteiger partial charge is 0.341 e. The molecule has 0 radical (unpaired) electrons. The lowest BCUT2D eigenvalue weighted by molar-refractivity contribution is -0.153. The molecule has 0 atom stereocenters. The first-order valence-electron chi connectivity index (χ1n) is 3.67. The Morgan fingerprint density at radius 1 is 1.50 bits per heavy atom. The first kappa shape index (κ1) is 10.6. The lowest BCUT2D eigenvalue weighted by Gasteiger charge is -1.98. The summed E-state index contributed by atoms with van der Waals surface area (Å²) >= 11 is 0. The highest BCUT2D eigenvalue weighted by atomic mass is 16.6. The van der Waals surface area contributed by atoms with Gasteiger partial charge in [0.2, 0.25) is 0 Å². The SMILES string of the molecule is C=CC(=O)OC(=O)C(C)=CCC. The van der Waals surface area contributed by atoms with Crippen LogP contribution in [-0.2, 0) is 14.3 Å². The van der Waals surface area contributed by atoms with Gasteiger partial charge in [-0.15, -0.1) is 0 Å². The molecule has 0 bridgehead atoms. The van der Waals surface area contributed by atoms with Gasteiger partial charge < -0.3 is 4.74 Å². The van der Waals surface area contributed by atoms with Crippen molar-refractivity contribution in [3.05, 3.63) is 24.3 Å². The molecular formula is C9H12O3. The van der Waals surface area contributed by atoms with Crippen molar-refractivity contribution in [3.63, 3.8) is 0 Å². The Balaban J connectivity index is 4.13. The van der Waals surface area contributed by atoms with Crippen LogP contribution in [0.25, 0.3) is 0 Å². The van der Waals surface area contributed by atoms with Gasteiger partial charge in [0.05, 0.1) is 0 Å². The topological polar surface area (TPSA) is 43.4 Å². The molecule has 0 fully saturated rings. The molecule has 0 amide bonds. The number of hydrogen-bond acceptors (Lipinski definition) is 3. The van der Waals surface area contributed by atoms with Crippen molar-refractivity contribution in [2.45, 2.75) is 20.3 Å². The van der Waals surface area contributed by atoms with Crippen LogP contribution in [0.2, 0.25) is 0 Å². The van der Waals surface area contributed by atoms with E-state index in [4.69, 9.17) is 0 Å². The standard InChI is InChI=1S/C9H12O3/c1-4-6-7(3)9(11)12-8(10)5-2/h5-6H,2,4H2,1,3H3. The van der Waals surface area contributed by atoms with Gasteiger partial charge >= 0.3 is 11.9 Å². The summed E-state index contributed by atoms with van der Waals surface area (Å²) < 4.78 is 4.35. The van der Waals surface area contributed by atoms with E-state index in [2.05, 4.69) is 11.3 Å². The van der Waals surface area contributed by atoms with E-state index in [9.17, 15) is 9.59 Å². The van der Waals surface area contributed by atoms with E-state index in [-0.39, 0.29) is 0 Å². The van der Waals surface area contributed by atoms with E-state index in [0.717, 1.165) is 12.5 Å². The van der Waals surface area contributed by atoms with Crippen LogP contribution in [0.1, 0.15) is 20.3 Å². The van der Waals surface area contributed by atoms with Crippen LogP contribution in [-0.4, -0.2) is 11.9 Å². The van der Waals surface area contributed by atoms with Crippen LogP contribution in [0, 0.1) is 0 Å². The Labute approximate surface area is 71.7 Å². The van der Waals surface area contributed by atoms with Gasteiger partial charge in [0.25, 0.3) is 0 Å². The summed E-state index contributed by atoms with van der Waals surface area (Å²) in [7, 11) is 0. The van der Waals surface area contributed by atoms with Crippen molar-refractivity contribution in [1.29, 1.82) is 0 Å². The molecule has 0 N–H and O–H groups in total. The number of carbonyl (C=O) groups excluding carboxylic acids is 2. The fourth-order valence-electron chi connectivity index (χ4n) is 0.603. The van der Waals surface area contributed by atoms with Gasteiger partial charge in [-0.2, -0.15) is 0 Å². The van der Waals surface area contributed by atoms with E-state index >= 15 is 0 Å². The summed E-state index contributed by atoms with van der Waals surface area (Å²) in [4.78, 5) is 21.5. The monoisotopic (exact) mass is 168 g/mol. The lowest BCUT2D eigenvalue weighted by atomic mass is 10.2. The molecule has 0 rings (SSSR count). The van der Waals surface area contributed by atoms with Crippen LogP contribution < -0.4 is 0 Å². The highest BCUT2D eigenvalue weighted by molar-refractivity contribution is 5.98. The lowest BCUT2D eigenvalue weighted by Crippen LogP contribution is -2.10. The molecule has 0 spiro atoms. The number of ether oxygens (including phenoxy) is 1. The molecule has 66 valence electrons. The third-order valence-electron chi connectivity index (χ3n) is 1.19. The first-order valence-corrected chi connectivity index (χ1v) is 3.67. The summed E-state index contributed by atoms with van der Waals surface area (Å²) in [5, 5.41) is 0. The molecule has 0 heterocycles. The molecule has 0 aliphatic heterocycles. The highest BCUT2D eigenvalue weighted by Gasteiger charge is 2.07. The van der Waals surface area contributed by atoms with Gasteiger partial charge in [0, 0.05) is 11.6 Å². The zero-order valence-electron chi connectivity index (χ0n) is 7.29. The number of allylic oxidation sites excluding steroid dienone is 1. The molecule has 3 heteroatoms. The fourth-order valence-corrected chi connectivity index (χ4v) is 0.603.